The van der Waals surface area contributed by atoms with Gasteiger partial charge in [-0.2, -0.15) is 0 Å². The largest absolute Gasteiger partial charge is 0.480 e. The second kappa shape index (κ2) is 11.6. The smallest absolute Gasteiger partial charge is 0.325 e. The quantitative estimate of drug-likeness (QED) is 0.425. The van der Waals surface area contributed by atoms with Crippen LogP contribution in [0.5, 0.6) is 0 Å². The molecule has 0 spiro atoms. The predicted molar refractivity (Wildman–Crippen MR) is 133 cm³/mol. The molecule has 1 aromatic heterocycles. The average Bonchev–Trinajstić information content (AvgIpc) is 2.80. The summed E-state index contributed by atoms with van der Waals surface area (Å²) in [6.45, 7) is 6.50. The summed E-state index contributed by atoms with van der Waals surface area (Å²) < 4.78 is 1.81. The molecule has 3 aromatic rings. The van der Waals surface area contributed by atoms with Crippen LogP contribution < -0.4 is 10.9 Å². The second-order valence-electron chi connectivity index (χ2n) is 8.80. The summed E-state index contributed by atoms with van der Waals surface area (Å²) in [5.74, 6) is -0.922. The topological polar surface area (TPSA) is 71.3 Å². The first kappa shape index (κ1) is 24.5. The van der Waals surface area contributed by atoms with Crippen molar-refractivity contribution in [2.45, 2.75) is 58.5 Å². The van der Waals surface area contributed by atoms with Gasteiger partial charge in [-0.05, 0) is 43.0 Å². The van der Waals surface area contributed by atoms with Gasteiger partial charge in [0.1, 0.15) is 6.04 Å². The maximum Gasteiger partial charge on any atom is 0.325 e. The molecule has 1 heterocycles. The Hall–Kier alpha value is -3.18. The van der Waals surface area contributed by atoms with Crippen LogP contribution in [-0.2, 0) is 11.2 Å². The molecule has 0 radical (unpaired) electrons. The standard InChI is InChI=1S/C28H34N2O3/c1-4-5-11-25(18-29-26(28(32)33)23-14-12-20(2)13-15-23)30-19-21(3)16-24(27(30)31)17-22-9-7-6-8-10-22/h6-10,12-16,19,25-26,29H,4-5,11,17-18H2,1-3H3,(H,32,33)/t25?,26-/m1/s1. The third-order valence-corrected chi connectivity index (χ3v) is 5.99. The maximum absolute atomic E-state index is 13.4. The molecule has 2 N–H and O–H groups in total. The van der Waals surface area contributed by atoms with Crippen molar-refractivity contribution < 1.29 is 9.90 Å². The average molecular weight is 447 g/mol. The van der Waals surface area contributed by atoms with E-state index in [9.17, 15) is 14.7 Å². The first-order chi connectivity index (χ1) is 15.9. The molecular formula is C28H34N2O3. The van der Waals surface area contributed by atoms with E-state index in [-0.39, 0.29) is 11.6 Å². The minimum absolute atomic E-state index is 0.00503. The van der Waals surface area contributed by atoms with Gasteiger partial charge in [0, 0.05) is 30.8 Å². The molecule has 2 atom stereocenters. The number of pyridine rings is 1. The van der Waals surface area contributed by atoms with Crippen molar-refractivity contribution in [3.05, 3.63) is 105 Å². The highest BCUT2D eigenvalue weighted by Gasteiger charge is 2.22. The zero-order valence-electron chi connectivity index (χ0n) is 19.8. The Bertz CT molecular complexity index is 1100. The Morgan fingerprint density at radius 2 is 1.73 bits per heavy atom. The molecule has 0 saturated heterocycles. The summed E-state index contributed by atoms with van der Waals surface area (Å²) in [5.41, 5.74) is 4.67. The number of benzene rings is 2. The van der Waals surface area contributed by atoms with Gasteiger partial charge in [-0.1, -0.05) is 79.9 Å². The molecule has 174 valence electrons. The van der Waals surface area contributed by atoms with Gasteiger partial charge in [0.05, 0.1) is 0 Å². The number of carboxylic acid groups (broad SMARTS) is 1. The minimum Gasteiger partial charge on any atom is -0.480 e. The Morgan fingerprint density at radius 1 is 1.03 bits per heavy atom. The molecule has 5 nitrogen and oxygen atoms in total. The van der Waals surface area contributed by atoms with E-state index in [2.05, 4.69) is 12.2 Å². The minimum atomic E-state index is -0.922. The van der Waals surface area contributed by atoms with Crippen LogP contribution in [0.4, 0.5) is 0 Å². The molecule has 0 bridgehead atoms. The third-order valence-electron chi connectivity index (χ3n) is 5.99. The Kier molecular flexibility index (Phi) is 8.61. The lowest BCUT2D eigenvalue weighted by Gasteiger charge is -2.24. The van der Waals surface area contributed by atoms with Gasteiger partial charge in [0.25, 0.3) is 5.56 Å². The van der Waals surface area contributed by atoms with Crippen LogP contribution in [0.25, 0.3) is 0 Å². The molecule has 0 fully saturated rings. The van der Waals surface area contributed by atoms with Gasteiger partial charge >= 0.3 is 5.97 Å². The molecule has 1 unspecified atom stereocenters. The molecule has 0 aliphatic rings. The lowest BCUT2D eigenvalue weighted by Crippen LogP contribution is -2.37. The summed E-state index contributed by atoms with van der Waals surface area (Å²) in [6, 6.07) is 18.5. The van der Waals surface area contributed by atoms with E-state index in [1.54, 1.807) is 0 Å². The number of rotatable bonds is 11. The molecule has 5 heteroatoms. The number of nitrogens with zero attached hydrogens (tertiary/aromatic N) is 1. The van der Waals surface area contributed by atoms with E-state index < -0.39 is 12.0 Å². The van der Waals surface area contributed by atoms with Crippen molar-refractivity contribution in [1.82, 2.24) is 9.88 Å². The van der Waals surface area contributed by atoms with Gasteiger partial charge in [-0.25, -0.2) is 0 Å². The normalized spacial score (nSPS) is 12.9. The van der Waals surface area contributed by atoms with Crippen LogP contribution in [0.3, 0.4) is 0 Å². The second-order valence-corrected chi connectivity index (χ2v) is 8.80. The summed E-state index contributed by atoms with van der Waals surface area (Å²) in [4.78, 5) is 25.4. The van der Waals surface area contributed by atoms with Crippen molar-refractivity contribution in [2.24, 2.45) is 0 Å². The Labute approximate surface area is 196 Å². The zero-order valence-corrected chi connectivity index (χ0v) is 19.8. The fraction of sp³-hybridized carbons (Fsp3) is 0.357. The predicted octanol–water partition coefficient (Wildman–Crippen LogP) is 5.20. The first-order valence-corrected chi connectivity index (χ1v) is 11.7. The number of aromatic nitrogens is 1. The molecule has 3 rings (SSSR count). The molecule has 0 aliphatic carbocycles. The zero-order chi connectivity index (χ0) is 23.8. The van der Waals surface area contributed by atoms with Crippen molar-refractivity contribution in [3.8, 4) is 0 Å². The molecule has 2 aromatic carbocycles. The van der Waals surface area contributed by atoms with Crippen LogP contribution in [0.2, 0.25) is 0 Å². The summed E-state index contributed by atoms with van der Waals surface area (Å²) in [6.07, 6.45) is 5.26. The fourth-order valence-corrected chi connectivity index (χ4v) is 4.17. The van der Waals surface area contributed by atoms with E-state index in [0.29, 0.717) is 18.5 Å². The van der Waals surface area contributed by atoms with Gasteiger partial charge in [0.2, 0.25) is 0 Å². The number of nitrogens with one attached hydrogen (secondary N) is 1. The van der Waals surface area contributed by atoms with Gasteiger partial charge < -0.3 is 9.67 Å². The highest BCUT2D eigenvalue weighted by atomic mass is 16.4. The number of aryl methyl sites for hydroxylation is 2. The van der Waals surface area contributed by atoms with Crippen molar-refractivity contribution in [1.29, 1.82) is 0 Å². The highest BCUT2D eigenvalue weighted by molar-refractivity contribution is 5.75. The number of hydrogen-bond donors (Lipinski definition) is 2. The first-order valence-electron chi connectivity index (χ1n) is 11.7. The third kappa shape index (κ3) is 6.65. The summed E-state index contributed by atoms with van der Waals surface area (Å²) in [5, 5.41) is 13.1. The van der Waals surface area contributed by atoms with E-state index in [4.69, 9.17) is 0 Å². The van der Waals surface area contributed by atoms with Gasteiger partial charge in [-0.15, -0.1) is 0 Å². The number of carbonyl (C=O) groups is 1. The van der Waals surface area contributed by atoms with E-state index in [0.717, 1.165) is 41.5 Å². The van der Waals surface area contributed by atoms with Crippen LogP contribution in [0.1, 0.15) is 66.1 Å². The van der Waals surface area contributed by atoms with E-state index in [1.807, 2.05) is 85.3 Å². The fourth-order valence-electron chi connectivity index (χ4n) is 4.17. The summed E-state index contributed by atoms with van der Waals surface area (Å²) >= 11 is 0. The van der Waals surface area contributed by atoms with Crippen molar-refractivity contribution in [3.63, 3.8) is 0 Å². The number of carboxylic acids is 1. The van der Waals surface area contributed by atoms with Gasteiger partial charge in [-0.3, -0.25) is 14.9 Å². The Balaban J connectivity index is 1.88. The maximum atomic E-state index is 13.4. The van der Waals surface area contributed by atoms with Crippen LogP contribution in [0, 0.1) is 13.8 Å². The SMILES string of the molecule is CCCCC(CN[C@@H](C(=O)O)c1ccc(C)cc1)n1cc(C)cc(Cc2ccccc2)c1=O. The monoisotopic (exact) mass is 446 g/mol. The van der Waals surface area contributed by atoms with Crippen LogP contribution >= 0.6 is 0 Å². The van der Waals surface area contributed by atoms with E-state index in [1.165, 1.54) is 0 Å². The van der Waals surface area contributed by atoms with E-state index >= 15 is 0 Å². The van der Waals surface area contributed by atoms with Crippen molar-refractivity contribution >= 4 is 5.97 Å². The lowest BCUT2D eigenvalue weighted by molar-refractivity contribution is -0.139. The van der Waals surface area contributed by atoms with Crippen LogP contribution in [0.15, 0.2) is 71.7 Å². The number of unbranched alkanes of at least 4 members (excludes halogenated alkanes) is 1. The molecule has 0 amide bonds. The summed E-state index contributed by atoms with van der Waals surface area (Å²) in [7, 11) is 0. The lowest BCUT2D eigenvalue weighted by atomic mass is 10.0. The molecular weight excluding hydrogens is 412 g/mol. The molecule has 33 heavy (non-hydrogen) atoms. The number of hydrogen-bond acceptors (Lipinski definition) is 3. The number of aliphatic carboxylic acids is 1. The Morgan fingerprint density at radius 3 is 2.36 bits per heavy atom. The highest BCUT2D eigenvalue weighted by Crippen LogP contribution is 2.19. The van der Waals surface area contributed by atoms with Gasteiger partial charge in [0.15, 0.2) is 0 Å². The van der Waals surface area contributed by atoms with Crippen LogP contribution in [-0.4, -0.2) is 22.2 Å². The van der Waals surface area contributed by atoms with Crippen molar-refractivity contribution in [2.75, 3.05) is 6.54 Å². The molecule has 0 saturated carbocycles. The molecule has 0 aliphatic heterocycles.